The Bertz CT molecular complexity index is 742. The normalized spacial score (nSPS) is 14.6. The Labute approximate surface area is 156 Å². The van der Waals surface area contributed by atoms with E-state index in [4.69, 9.17) is 0 Å². The zero-order valence-corrected chi connectivity index (χ0v) is 15.7. The Morgan fingerprint density at radius 1 is 1.12 bits per heavy atom. The third-order valence-corrected chi connectivity index (χ3v) is 4.82. The van der Waals surface area contributed by atoms with Crippen molar-refractivity contribution in [2.75, 3.05) is 0 Å². The van der Waals surface area contributed by atoms with E-state index in [-0.39, 0.29) is 11.8 Å². The summed E-state index contributed by atoms with van der Waals surface area (Å²) in [5, 5.41) is 2.82. The summed E-state index contributed by atoms with van der Waals surface area (Å²) in [5.74, 6) is -0.263. The first-order chi connectivity index (χ1) is 12.0. The lowest BCUT2D eigenvalue weighted by Gasteiger charge is -2.26. The highest BCUT2D eigenvalue weighted by Gasteiger charge is 2.35. The van der Waals surface area contributed by atoms with E-state index in [9.17, 15) is 9.59 Å². The number of halogens is 1. The second kappa shape index (κ2) is 7.83. The van der Waals surface area contributed by atoms with Gasteiger partial charge in [-0.05, 0) is 49.6 Å². The van der Waals surface area contributed by atoms with Gasteiger partial charge in [-0.25, -0.2) is 0 Å². The number of rotatable bonds is 6. The van der Waals surface area contributed by atoms with Crippen LogP contribution in [-0.2, 0) is 11.3 Å². The van der Waals surface area contributed by atoms with Crippen molar-refractivity contribution in [3.05, 3.63) is 70.2 Å². The van der Waals surface area contributed by atoms with Gasteiger partial charge in [0.2, 0.25) is 5.91 Å². The van der Waals surface area contributed by atoms with Crippen LogP contribution in [0.2, 0.25) is 0 Å². The molecule has 2 aromatic rings. The van der Waals surface area contributed by atoms with E-state index < -0.39 is 6.04 Å². The Morgan fingerprint density at radius 3 is 2.36 bits per heavy atom. The molecule has 1 saturated carbocycles. The first-order valence-corrected chi connectivity index (χ1v) is 9.25. The third-order valence-electron chi connectivity index (χ3n) is 4.29. The van der Waals surface area contributed by atoms with Crippen LogP contribution in [0.25, 0.3) is 0 Å². The molecule has 0 heterocycles. The zero-order chi connectivity index (χ0) is 17.8. The van der Waals surface area contributed by atoms with E-state index in [0.717, 1.165) is 22.9 Å². The number of nitrogens with one attached hydrogen (secondary N) is 1. The van der Waals surface area contributed by atoms with Crippen molar-refractivity contribution in [3.63, 3.8) is 0 Å². The maximum Gasteiger partial charge on any atom is 0.251 e. The van der Waals surface area contributed by atoms with Gasteiger partial charge in [-0.15, -0.1) is 0 Å². The van der Waals surface area contributed by atoms with Gasteiger partial charge in [-0.2, -0.15) is 0 Å². The van der Waals surface area contributed by atoms with Gasteiger partial charge < -0.3 is 10.2 Å². The highest BCUT2D eigenvalue weighted by molar-refractivity contribution is 9.10. The van der Waals surface area contributed by atoms with Crippen LogP contribution in [0.1, 0.15) is 35.7 Å². The predicted molar refractivity (Wildman–Crippen MR) is 101 cm³/mol. The fourth-order valence-corrected chi connectivity index (χ4v) is 3.01. The molecule has 2 aromatic carbocycles. The van der Waals surface area contributed by atoms with E-state index in [1.54, 1.807) is 19.1 Å². The first kappa shape index (κ1) is 17.7. The molecule has 5 heteroatoms. The SMILES string of the molecule is CC(NC(=O)c1ccc(Br)cc1)C(=O)N(Cc1ccccc1)C1CC1. The number of carbonyl (C=O) groups excluding carboxylic acids is 2. The number of nitrogens with zero attached hydrogens (tertiary/aromatic N) is 1. The third kappa shape index (κ3) is 4.69. The highest BCUT2D eigenvalue weighted by Crippen LogP contribution is 2.29. The van der Waals surface area contributed by atoms with Crippen LogP contribution in [0.15, 0.2) is 59.1 Å². The van der Waals surface area contributed by atoms with Crippen molar-refractivity contribution in [2.24, 2.45) is 0 Å². The first-order valence-electron chi connectivity index (χ1n) is 8.45. The number of carbonyl (C=O) groups is 2. The van der Waals surface area contributed by atoms with E-state index in [1.807, 2.05) is 47.4 Å². The van der Waals surface area contributed by atoms with Crippen LogP contribution in [0.3, 0.4) is 0 Å². The molecule has 1 aliphatic carbocycles. The van der Waals surface area contributed by atoms with Crippen LogP contribution < -0.4 is 5.32 Å². The average Bonchev–Trinajstić information content (AvgIpc) is 3.45. The van der Waals surface area contributed by atoms with Crippen LogP contribution in [0, 0.1) is 0 Å². The molecule has 1 fully saturated rings. The standard InChI is InChI=1S/C20H21BrN2O2/c1-14(22-19(24)16-7-9-17(21)10-8-16)20(25)23(18-11-12-18)13-15-5-3-2-4-6-15/h2-10,14,18H,11-13H2,1H3,(H,22,24). The summed E-state index contributed by atoms with van der Waals surface area (Å²) in [6.07, 6.45) is 2.07. The van der Waals surface area contributed by atoms with Gasteiger partial charge in [0.15, 0.2) is 0 Å². The van der Waals surface area contributed by atoms with Gasteiger partial charge in [0.05, 0.1) is 0 Å². The van der Waals surface area contributed by atoms with Gasteiger partial charge in [-0.3, -0.25) is 9.59 Å². The predicted octanol–water partition coefficient (Wildman–Crippen LogP) is 3.76. The van der Waals surface area contributed by atoms with Crippen molar-refractivity contribution < 1.29 is 9.59 Å². The molecule has 1 atom stereocenters. The minimum Gasteiger partial charge on any atom is -0.341 e. The van der Waals surface area contributed by atoms with Gasteiger partial charge in [0.1, 0.15) is 6.04 Å². The van der Waals surface area contributed by atoms with E-state index in [1.165, 1.54) is 0 Å². The molecule has 4 nitrogen and oxygen atoms in total. The van der Waals surface area contributed by atoms with Crippen LogP contribution in [0.4, 0.5) is 0 Å². The lowest BCUT2D eigenvalue weighted by molar-refractivity contribution is -0.134. The maximum atomic E-state index is 12.9. The molecule has 0 aliphatic heterocycles. The van der Waals surface area contributed by atoms with Crippen LogP contribution in [0.5, 0.6) is 0 Å². The summed E-state index contributed by atoms with van der Waals surface area (Å²) in [6, 6.07) is 16.8. The molecule has 1 N–H and O–H groups in total. The zero-order valence-electron chi connectivity index (χ0n) is 14.1. The fourth-order valence-electron chi connectivity index (χ4n) is 2.74. The van der Waals surface area contributed by atoms with E-state index >= 15 is 0 Å². The Balaban J connectivity index is 1.65. The summed E-state index contributed by atoms with van der Waals surface area (Å²) in [4.78, 5) is 27.1. The molecule has 130 valence electrons. The molecule has 1 aliphatic rings. The molecule has 0 spiro atoms. The fraction of sp³-hybridized carbons (Fsp3) is 0.300. The lowest BCUT2D eigenvalue weighted by atomic mass is 10.1. The molecule has 2 amide bonds. The van der Waals surface area contributed by atoms with E-state index in [0.29, 0.717) is 18.2 Å². The minimum absolute atomic E-state index is 0.0307. The summed E-state index contributed by atoms with van der Waals surface area (Å²) in [5.41, 5.74) is 1.65. The summed E-state index contributed by atoms with van der Waals surface area (Å²) in [6.45, 7) is 2.34. The number of hydrogen-bond acceptors (Lipinski definition) is 2. The Morgan fingerprint density at radius 2 is 1.76 bits per heavy atom. The molecule has 1 unspecified atom stereocenters. The Kier molecular flexibility index (Phi) is 5.53. The summed E-state index contributed by atoms with van der Waals surface area (Å²) < 4.78 is 0.913. The molecule has 3 rings (SSSR count). The molecule has 0 radical (unpaired) electrons. The molecular formula is C20H21BrN2O2. The molecule has 0 aromatic heterocycles. The molecule has 25 heavy (non-hydrogen) atoms. The molecule has 0 saturated heterocycles. The molecular weight excluding hydrogens is 380 g/mol. The van der Waals surface area contributed by atoms with Gasteiger partial charge in [-0.1, -0.05) is 46.3 Å². The second-order valence-corrected chi connectivity index (χ2v) is 7.30. The van der Waals surface area contributed by atoms with Gasteiger partial charge >= 0.3 is 0 Å². The monoisotopic (exact) mass is 400 g/mol. The largest absolute Gasteiger partial charge is 0.341 e. The average molecular weight is 401 g/mol. The highest BCUT2D eigenvalue weighted by atomic mass is 79.9. The van der Waals surface area contributed by atoms with Crippen LogP contribution in [-0.4, -0.2) is 28.8 Å². The number of amides is 2. The maximum absolute atomic E-state index is 12.9. The van der Waals surface area contributed by atoms with Crippen molar-refractivity contribution >= 4 is 27.7 Å². The van der Waals surface area contributed by atoms with Crippen molar-refractivity contribution in [2.45, 2.75) is 38.4 Å². The van der Waals surface area contributed by atoms with Gasteiger partial charge in [0, 0.05) is 22.6 Å². The van der Waals surface area contributed by atoms with Crippen molar-refractivity contribution in [3.8, 4) is 0 Å². The van der Waals surface area contributed by atoms with Crippen molar-refractivity contribution in [1.29, 1.82) is 0 Å². The quantitative estimate of drug-likeness (QED) is 0.802. The topological polar surface area (TPSA) is 49.4 Å². The minimum atomic E-state index is -0.555. The molecule has 0 bridgehead atoms. The number of hydrogen-bond donors (Lipinski definition) is 1. The Hall–Kier alpha value is -2.14. The lowest BCUT2D eigenvalue weighted by Crippen LogP contribution is -2.47. The van der Waals surface area contributed by atoms with E-state index in [2.05, 4.69) is 21.2 Å². The summed E-state index contributed by atoms with van der Waals surface area (Å²) in [7, 11) is 0. The van der Waals surface area contributed by atoms with Gasteiger partial charge in [0.25, 0.3) is 5.91 Å². The second-order valence-electron chi connectivity index (χ2n) is 6.38. The van der Waals surface area contributed by atoms with Crippen LogP contribution >= 0.6 is 15.9 Å². The number of benzene rings is 2. The summed E-state index contributed by atoms with van der Waals surface area (Å²) >= 11 is 3.35. The van der Waals surface area contributed by atoms with Crippen molar-refractivity contribution in [1.82, 2.24) is 10.2 Å². The smallest absolute Gasteiger partial charge is 0.251 e.